The molecule has 6 nitrogen and oxygen atoms in total. The highest BCUT2D eigenvalue weighted by Gasteiger charge is 2.12. The summed E-state index contributed by atoms with van der Waals surface area (Å²) in [6.45, 7) is 1.78. The molecule has 0 bridgehead atoms. The number of benzene rings is 1. The molecule has 0 aliphatic heterocycles. The number of aromatic nitrogens is 1. The number of rotatable bonds is 8. The molecule has 0 aliphatic carbocycles. The SMILES string of the molecule is CC(CCC(=O)O)NC(=O)CCc1ncc(-c2ccc(Cl)cc2)o1. The van der Waals surface area contributed by atoms with Gasteiger partial charge < -0.3 is 14.8 Å². The highest BCUT2D eigenvalue weighted by molar-refractivity contribution is 6.30. The van der Waals surface area contributed by atoms with Crippen LogP contribution >= 0.6 is 11.6 Å². The number of amides is 1. The number of carboxylic acids is 1. The van der Waals surface area contributed by atoms with Crippen LogP contribution in [-0.2, 0) is 16.0 Å². The maximum Gasteiger partial charge on any atom is 0.303 e. The first-order chi connectivity index (χ1) is 11.4. The number of nitrogens with zero attached hydrogens (tertiary/aromatic N) is 1. The van der Waals surface area contributed by atoms with E-state index in [1.165, 1.54) is 0 Å². The summed E-state index contributed by atoms with van der Waals surface area (Å²) in [6, 6.07) is 7.03. The number of carboxylic acid groups (broad SMARTS) is 1. The molecular formula is C17H19ClN2O4. The summed E-state index contributed by atoms with van der Waals surface area (Å²) in [5, 5.41) is 12.0. The molecule has 1 heterocycles. The van der Waals surface area contributed by atoms with Crippen LogP contribution in [0.3, 0.4) is 0 Å². The summed E-state index contributed by atoms with van der Waals surface area (Å²) in [5.41, 5.74) is 0.866. The van der Waals surface area contributed by atoms with Gasteiger partial charge in [0.25, 0.3) is 0 Å². The molecule has 0 radical (unpaired) electrons. The number of hydrogen-bond donors (Lipinski definition) is 2. The minimum atomic E-state index is -0.870. The fraction of sp³-hybridized carbons (Fsp3) is 0.353. The third-order valence-corrected chi connectivity index (χ3v) is 3.70. The van der Waals surface area contributed by atoms with Gasteiger partial charge in [0.2, 0.25) is 5.91 Å². The molecule has 1 amide bonds. The first-order valence-corrected chi connectivity index (χ1v) is 8.03. The predicted molar refractivity (Wildman–Crippen MR) is 89.7 cm³/mol. The number of aliphatic carboxylic acids is 1. The standard InChI is InChI=1S/C17H19ClN2O4/c1-11(2-9-17(22)23)20-15(21)7-8-16-19-10-14(24-16)12-3-5-13(18)6-4-12/h3-6,10-11H,2,7-9H2,1H3,(H,20,21)(H,22,23). The van der Waals surface area contributed by atoms with Gasteiger partial charge in [0.05, 0.1) is 6.20 Å². The molecule has 128 valence electrons. The average Bonchev–Trinajstić information content (AvgIpc) is 3.00. The first kappa shape index (κ1) is 18.0. The van der Waals surface area contributed by atoms with Crippen molar-refractivity contribution < 1.29 is 19.1 Å². The monoisotopic (exact) mass is 350 g/mol. The molecule has 24 heavy (non-hydrogen) atoms. The molecule has 1 aromatic carbocycles. The predicted octanol–water partition coefficient (Wildman–Crippen LogP) is 3.30. The van der Waals surface area contributed by atoms with E-state index in [0.29, 0.717) is 29.5 Å². The Bertz CT molecular complexity index is 697. The average molecular weight is 351 g/mol. The Balaban J connectivity index is 1.81. The van der Waals surface area contributed by atoms with E-state index in [2.05, 4.69) is 10.3 Å². The Labute approximate surface area is 144 Å². The highest BCUT2D eigenvalue weighted by atomic mass is 35.5. The molecule has 0 saturated carbocycles. The maximum absolute atomic E-state index is 11.8. The van der Waals surface area contributed by atoms with Crippen LogP contribution in [0.5, 0.6) is 0 Å². The normalized spacial score (nSPS) is 11.9. The van der Waals surface area contributed by atoms with Gasteiger partial charge in [0, 0.05) is 35.9 Å². The fourth-order valence-electron chi connectivity index (χ4n) is 2.15. The van der Waals surface area contributed by atoms with E-state index < -0.39 is 5.97 Å². The first-order valence-electron chi connectivity index (χ1n) is 7.66. The Hall–Kier alpha value is -2.34. The third kappa shape index (κ3) is 5.70. The molecule has 0 fully saturated rings. The smallest absolute Gasteiger partial charge is 0.303 e. The molecule has 1 atom stereocenters. The number of hydrogen-bond acceptors (Lipinski definition) is 4. The van der Waals surface area contributed by atoms with Crippen LogP contribution in [0.25, 0.3) is 11.3 Å². The van der Waals surface area contributed by atoms with Crippen molar-refractivity contribution in [1.29, 1.82) is 0 Å². The number of carbonyl (C=O) groups excluding carboxylic acids is 1. The van der Waals surface area contributed by atoms with E-state index in [1.54, 1.807) is 25.3 Å². The molecule has 2 rings (SSSR count). The van der Waals surface area contributed by atoms with Crippen molar-refractivity contribution in [3.05, 3.63) is 41.4 Å². The van der Waals surface area contributed by atoms with Crippen LogP contribution in [0.1, 0.15) is 32.1 Å². The largest absolute Gasteiger partial charge is 0.481 e. The zero-order chi connectivity index (χ0) is 17.5. The zero-order valence-electron chi connectivity index (χ0n) is 13.3. The fourth-order valence-corrected chi connectivity index (χ4v) is 2.28. The van der Waals surface area contributed by atoms with Crippen LogP contribution in [0.2, 0.25) is 5.02 Å². The minimum Gasteiger partial charge on any atom is -0.481 e. The van der Waals surface area contributed by atoms with Crippen LogP contribution in [0, 0.1) is 0 Å². The maximum atomic E-state index is 11.8. The molecule has 2 aromatic rings. The van der Waals surface area contributed by atoms with Gasteiger partial charge in [-0.15, -0.1) is 0 Å². The zero-order valence-corrected chi connectivity index (χ0v) is 14.0. The molecule has 0 spiro atoms. The van der Waals surface area contributed by atoms with Gasteiger partial charge in [-0.05, 0) is 37.6 Å². The molecular weight excluding hydrogens is 332 g/mol. The Morgan fingerprint density at radius 3 is 2.67 bits per heavy atom. The van der Waals surface area contributed by atoms with E-state index >= 15 is 0 Å². The van der Waals surface area contributed by atoms with Crippen molar-refractivity contribution in [1.82, 2.24) is 10.3 Å². The number of oxazole rings is 1. The van der Waals surface area contributed by atoms with Crippen molar-refractivity contribution in [3.63, 3.8) is 0 Å². The lowest BCUT2D eigenvalue weighted by Gasteiger charge is -2.12. The van der Waals surface area contributed by atoms with Crippen molar-refractivity contribution in [2.75, 3.05) is 0 Å². The summed E-state index contributed by atoms with van der Waals surface area (Å²) in [5.74, 6) is 0.0786. The van der Waals surface area contributed by atoms with Crippen molar-refractivity contribution in [3.8, 4) is 11.3 Å². The van der Waals surface area contributed by atoms with Gasteiger partial charge in [-0.2, -0.15) is 0 Å². The molecule has 0 aliphatic rings. The second-order valence-corrected chi connectivity index (χ2v) is 5.96. The summed E-state index contributed by atoms with van der Waals surface area (Å²) in [7, 11) is 0. The second-order valence-electron chi connectivity index (χ2n) is 5.53. The molecule has 1 aromatic heterocycles. The molecule has 2 N–H and O–H groups in total. The van der Waals surface area contributed by atoms with E-state index in [0.717, 1.165) is 5.56 Å². The van der Waals surface area contributed by atoms with Gasteiger partial charge in [-0.25, -0.2) is 4.98 Å². The lowest BCUT2D eigenvalue weighted by Crippen LogP contribution is -2.33. The number of aryl methyl sites for hydroxylation is 1. The Morgan fingerprint density at radius 1 is 1.29 bits per heavy atom. The van der Waals surface area contributed by atoms with Gasteiger partial charge in [-0.1, -0.05) is 11.6 Å². The Morgan fingerprint density at radius 2 is 2.00 bits per heavy atom. The van der Waals surface area contributed by atoms with Crippen molar-refractivity contribution in [2.45, 2.75) is 38.6 Å². The quantitative estimate of drug-likeness (QED) is 0.762. The highest BCUT2D eigenvalue weighted by Crippen LogP contribution is 2.22. The second kappa shape index (κ2) is 8.49. The molecule has 1 unspecified atom stereocenters. The van der Waals surface area contributed by atoms with Crippen LogP contribution < -0.4 is 5.32 Å². The summed E-state index contributed by atoms with van der Waals surface area (Å²) < 4.78 is 5.63. The third-order valence-electron chi connectivity index (χ3n) is 3.45. The van der Waals surface area contributed by atoms with E-state index in [-0.39, 0.29) is 24.8 Å². The van der Waals surface area contributed by atoms with Gasteiger partial charge in [0.1, 0.15) is 0 Å². The van der Waals surface area contributed by atoms with Gasteiger partial charge >= 0.3 is 5.97 Å². The number of nitrogens with one attached hydrogen (secondary N) is 1. The van der Waals surface area contributed by atoms with E-state index in [1.807, 2.05) is 12.1 Å². The van der Waals surface area contributed by atoms with Crippen LogP contribution in [-0.4, -0.2) is 28.0 Å². The Kier molecular flexibility index (Phi) is 6.37. The lowest BCUT2D eigenvalue weighted by atomic mass is 10.1. The van der Waals surface area contributed by atoms with Crippen molar-refractivity contribution >= 4 is 23.5 Å². The van der Waals surface area contributed by atoms with E-state index in [9.17, 15) is 9.59 Å². The number of carbonyl (C=O) groups is 2. The van der Waals surface area contributed by atoms with Crippen LogP contribution in [0.4, 0.5) is 0 Å². The topological polar surface area (TPSA) is 92.4 Å². The minimum absolute atomic E-state index is 0.0334. The van der Waals surface area contributed by atoms with Gasteiger partial charge in [-0.3, -0.25) is 9.59 Å². The van der Waals surface area contributed by atoms with Crippen LogP contribution in [0.15, 0.2) is 34.9 Å². The van der Waals surface area contributed by atoms with Crippen molar-refractivity contribution in [2.24, 2.45) is 0 Å². The summed E-state index contributed by atoms with van der Waals surface area (Å²) in [4.78, 5) is 26.5. The summed E-state index contributed by atoms with van der Waals surface area (Å²) >= 11 is 5.85. The number of halogens is 1. The van der Waals surface area contributed by atoms with E-state index in [4.69, 9.17) is 21.1 Å². The summed E-state index contributed by atoms with van der Waals surface area (Å²) in [6.07, 6.45) is 2.67. The molecule has 7 heteroatoms. The lowest BCUT2D eigenvalue weighted by molar-refractivity contribution is -0.137. The molecule has 0 saturated heterocycles. The van der Waals surface area contributed by atoms with Gasteiger partial charge in [0.15, 0.2) is 11.7 Å².